The molecule has 0 atom stereocenters. The molecule has 3 amide bonds. The maximum atomic E-state index is 11.4. The second kappa shape index (κ2) is 3.20. The van der Waals surface area contributed by atoms with Gasteiger partial charge < -0.3 is 4.90 Å². The van der Waals surface area contributed by atoms with E-state index in [2.05, 4.69) is 17.5 Å². The molecule has 1 aliphatic carbocycles. The van der Waals surface area contributed by atoms with E-state index >= 15 is 0 Å². The van der Waals surface area contributed by atoms with Crippen LogP contribution in [-0.4, -0.2) is 29.4 Å². The Bertz CT molecular complexity index is 265. The Balaban J connectivity index is 1.99. The minimum absolute atomic E-state index is 0.160. The van der Waals surface area contributed by atoms with Gasteiger partial charge >= 0.3 is 6.03 Å². The monoisotopic (exact) mass is 180 g/mol. The summed E-state index contributed by atoms with van der Waals surface area (Å²) in [5, 5.41) is 2.33. The summed E-state index contributed by atoms with van der Waals surface area (Å²) in [5.41, 5.74) is 0. The van der Waals surface area contributed by atoms with Gasteiger partial charge in [0.05, 0.1) is 0 Å². The van der Waals surface area contributed by atoms with Crippen LogP contribution in [0.4, 0.5) is 4.79 Å². The van der Waals surface area contributed by atoms with Gasteiger partial charge in [0.2, 0.25) is 5.91 Å². The maximum Gasteiger partial charge on any atom is 0.324 e. The zero-order valence-corrected chi connectivity index (χ0v) is 7.32. The van der Waals surface area contributed by atoms with E-state index in [0.717, 1.165) is 12.8 Å². The summed E-state index contributed by atoms with van der Waals surface area (Å²) < 4.78 is 0. The van der Waals surface area contributed by atoms with Crippen molar-refractivity contribution in [2.45, 2.75) is 25.3 Å². The molecule has 4 nitrogen and oxygen atoms in total. The Labute approximate surface area is 76.6 Å². The van der Waals surface area contributed by atoms with Crippen molar-refractivity contribution in [2.24, 2.45) is 0 Å². The summed E-state index contributed by atoms with van der Waals surface area (Å²) >= 11 is 0. The van der Waals surface area contributed by atoms with Crippen LogP contribution in [0.3, 0.4) is 0 Å². The molecule has 0 aromatic carbocycles. The lowest BCUT2D eigenvalue weighted by Gasteiger charge is -2.31. The fourth-order valence-corrected chi connectivity index (χ4v) is 1.78. The van der Waals surface area contributed by atoms with Crippen LogP contribution in [0.15, 0.2) is 12.2 Å². The van der Waals surface area contributed by atoms with Crippen LogP contribution in [0.25, 0.3) is 0 Å². The number of amides is 3. The third-order valence-corrected chi connectivity index (χ3v) is 2.51. The van der Waals surface area contributed by atoms with Gasteiger partial charge in [-0.15, -0.1) is 0 Å². The van der Waals surface area contributed by atoms with Crippen LogP contribution in [0.2, 0.25) is 0 Å². The molecule has 0 aromatic heterocycles. The number of hydrogen-bond acceptors (Lipinski definition) is 2. The molecule has 1 aliphatic heterocycles. The lowest BCUT2D eigenvalue weighted by molar-refractivity contribution is -0.121. The highest BCUT2D eigenvalue weighted by atomic mass is 16.2. The first-order valence-corrected chi connectivity index (χ1v) is 4.53. The number of carbonyl (C=O) groups is 2. The summed E-state index contributed by atoms with van der Waals surface area (Å²) in [6, 6.07) is 0.0399. The van der Waals surface area contributed by atoms with Gasteiger partial charge in [-0.25, -0.2) is 4.79 Å². The van der Waals surface area contributed by atoms with Crippen LogP contribution < -0.4 is 5.32 Å². The van der Waals surface area contributed by atoms with Gasteiger partial charge in [-0.3, -0.25) is 10.1 Å². The molecular formula is C9H12N2O2. The zero-order chi connectivity index (χ0) is 9.26. The van der Waals surface area contributed by atoms with E-state index in [1.54, 1.807) is 4.90 Å². The molecule has 1 N–H and O–H groups in total. The Kier molecular flexibility index (Phi) is 2.04. The molecule has 4 heteroatoms. The fourth-order valence-electron chi connectivity index (χ4n) is 1.78. The van der Waals surface area contributed by atoms with E-state index in [0.29, 0.717) is 13.0 Å². The lowest BCUT2D eigenvalue weighted by atomic mass is 10.1. The SMILES string of the molecule is O=C1CCN(C2CC=CC2)C(=O)N1. The molecule has 2 aliphatic rings. The summed E-state index contributed by atoms with van der Waals surface area (Å²) in [6.45, 7) is 0.566. The van der Waals surface area contributed by atoms with Crippen molar-refractivity contribution in [1.29, 1.82) is 0 Å². The molecule has 0 unspecified atom stereocenters. The highest BCUT2D eigenvalue weighted by Gasteiger charge is 2.29. The number of hydrogen-bond donors (Lipinski definition) is 1. The minimum atomic E-state index is -0.232. The van der Waals surface area contributed by atoms with E-state index < -0.39 is 0 Å². The van der Waals surface area contributed by atoms with E-state index in [1.165, 1.54) is 0 Å². The van der Waals surface area contributed by atoms with Gasteiger partial charge in [0.1, 0.15) is 0 Å². The fraction of sp³-hybridized carbons (Fsp3) is 0.556. The van der Waals surface area contributed by atoms with E-state index in [1.807, 2.05) is 0 Å². The van der Waals surface area contributed by atoms with E-state index in [-0.39, 0.29) is 18.0 Å². The third-order valence-electron chi connectivity index (χ3n) is 2.51. The number of urea groups is 1. The third kappa shape index (κ3) is 1.56. The number of rotatable bonds is 1. The van der Waals surface area contributed by atoms with Gasteiger partial charge in [0.15, 0.2) is 0 Å². The lowest BCUT2D eigenvalue weighted by Crippen LogP contribution is -2.52. The number of imide groups is 1. The largest absolute Gasteiger partial charge is 0.324 e. The van der Waals surface area contributed by atoms with Crippen molar-refractivity contribution >= 4 is 11.9 Å². The van der Waals surface area contributed by atoms with Gasteiger partial charge in [-0.05, 0) is 12.8 Å². The maximum absolute atomic E-state index is 11.4. The standard InChI is InChI=1S/C9H12N2O2/c12-8-5-6-11(9(13)10-8)7-3-1-2-4-7/h1-2,7H,3-6H2,(H,10,12,13). The van der Waals surface area contributed by atoms with Crippen molar-refractivity contribution in [3.8, 4) is 0 Å². The zero-order valence-electron chi connectivity index (χ0n) is 7.32. The average molecular weight is 180 g/mol. The van der Waals surface area contributed by atoms with Crippen LogP contribution in [0, 0.1) is 0 Å². The molecule has 70 valence electrons. The van der Waals surface area contributed by atoms with Crippen LogP contribution >= 0.6 is 0 Å². The van der Waals surface area contributed by atoms with Gasteiger partial charge in [0, 0.05) is 19.0 Å². The molecule has 0 spiro atoms. The Morgan fingerprint density at radius 2 is 2.00 bits per heavy atom. The predicted molar refractivity (Wildman–Crippen MR) is 47.0 cm³/mol. The first kappa shape index (κ1) is 8.29. The second-order valence-corrected chi connectivity index (χ2v) is 3.39. The van der Waals surface area contributed by atoms with Crippen molar-refractivity contribution in [3.63, 3.8) is 0 Å². The molecule has 13 heavy (non-hydrogen) atoms. The van der Waals surface area contributed by atoms with Gasteiger partial charge in [0.25, 0.3) is 0 Å². The highest BCUT2D eigenvalue weighted by Crippen LogP contribution is 2.18. The van der Waals surface area contributed by atoms with Crippen LogP contribution in [0.5, 0.6) is 0 Å². The molecule has 0 saturated carbocycles. The van der Waals surface area contributed by atoms with Crippen molar-refractivity contribution in [2.75, 3.05) is 6.54 Å². The smallest absolute Gasteiger partial charge is 0.320 e. The highest BCUT2D eigenvalue weighted by molar-refractivity contribution is 5.96. The predicted octanol–water partition coefficient (Wildman–Crippen LogP) is 0.647. The first-order valence-electron chi connectivity index (χ1n) is 4.53. The molecule has 0 bridgehead atoms. The van der Waals surface area contributed by atoms with Gasteiger partial charge in [-0.1, -0.05) is 12.2 Å². The van der Waals surface area contributed by atoms with Gasteiger partial charge in [-0.2, -0.15) is 0 Å². The molecule has 1 saturated heterocycles. The number of nitrogens with one attached hydrogen (secondary N) is 1. The summed E-state index contributed by atoms with van der Waals surface area (Å²) in [6.07, 6.45) is 6.42. The molecule has 1 heterocycles. The second-order valence-electron chi connectivity index (χ2n) is 3.39. The van der Waals surface area contributed by atoms with Crippen molar-refractivity contribution in [3.05, 3.63) is 12.2 Å². The number of carbonyl (C=O) groups excluding carboxylic acids is 2. The Morgan fingerprint density at radius 1 is 1.31 bits per heavy atom. The average Bonchev–Trinajstić information content (AvgIpc) is 2.56. The van der Waals surface area contributed by atoms with Crippen LogP contribution in [-0.2, 0) is 4.79 Å². The van der Waals surface area contributed by atoms with E-state index in [9.17, 15) is 9.59 Å². The van der Waals surface area contributed by atoms with Crippen molar-refractivity contribution in [1.82, 2.24) is 10.2 Å². The Hall–Kier alpha value is -1.32. The molecule has 1 fully saturated rings. The quantitative estimate of drug-likeness (QED) is 0.602. The van der Waals surface area contributed by atoms with Crippen LogP contribution in [0.1, 0.15) is 19.3 Å². The molecule has 2 rings (SSSR count). The number of nitrogens with zero attached hydrogens (tertiary/aromatic N) is 1. The summed E-state index contributed by atoms with van der Waals surface area (Å²) in [4.78, 5) is 24.0. The van der Waals surface area contributed by atoms with E-state index in [4.69, 9.17) is 0 Å². The molecule has 0 radical (unpaired) electrons. The molecular weight excluding hydrogens is 168 g/mol. The summed E-state index contributed by atoms with van der Waals surface area (Å²) in [5.74, 6) is -0.160. The normalized spacial score (nSPS) is 23.8. The van der Waals surface area contributed by atoms with Crippen molar-refractivity contribution < 1.29 is 9.59 Å². The summed E-state index contributed by atoms with van der Waals surface area (Å²) in [7, 11) is 0. The minimum Gasteiger partial charge on any atom is -0.320 e. The topological polar surface area (TPSA) is 49.4 Å². The molecule has 0 aromatic rings. The first-order chi connectivity index (χ1) is 6.27. The Morgan fingerprint density at radius 3 is 2.62 bits per heavy atom.